The second kappa shape index (κ2) is 10.1. The summed E-state index contributed by atoms with van der Waals surface area (Å²) in [6.45, 7) is -0.203. The second-order valence-corrected chi connectivity index (χ2v) is 9.79. The van der Waals surface area contributed by atoms with Gasteiger partial charge < -0.3 is 15.4 Å². The molecular weight excluding hydrogens is 483 g/mol. The van der Waals surface area contributed by atoms with Crippen molar-refractivity contribution in [3.05, 3.63) is 23.2 Å². The number of rotatable bonds is 7. The summed E-state index contributed by atoms with van der Waals surface area (Å²) in [6, 6.07) is 5.33. The molecule has 2 N–H and O–H groups in total. The molecule has 7 nitrogen and oxygen atoms in total. The van der Waals surface area contributed by atoms with E-state index < -0.39 is 18.6 Å². The highest BCUT2D eigenvalue weighted by atomic mass is 35.5. The van der Waals surface area contributed by atoms with Crippen LogP contribution in [0, 0.1) is 5.92 Å². The molecule has 2 fully saturated rings. The molecule has 0 spiro atoms. The number of hydrogen-bond donors (Lipinski definition) is 2. The van der Waals surface area contributed by atoms with Crippen LogP contribution in [0.1, 0.15) is 38.5 Å². The molecule has 0 saturated heterocycles. The van der Waals surface area contributed by atoms with Gasteiger partial charge in [-0.1, -0.05) is 22.9 Å². The van der Waals surface area contributed by atoms with Crippen molar-refractivity contribution in [3.8, 4) is 0 Å². The number of anilines is 1. The van der Waals surface area contributed by atoms with E-state index in [4.69, 9.17) is 16.3 Å². The van der Waals surface area contributed by atoms with E-state index in [0.717, 1.165) is 10.2 Å². The van der Waals surface area contributed by atoms with E-state index in [1.165, 1.54) is 11.3 Å². The number of carbonyl (C=O) groups excluding carboxylic acids is 2. The van der Waals surface area contributed by atoms with E-state index >= 15 is 0 Å². The van der Waals surface area contributed by atoms with Crippen molar-refractivity contribution < 1.29 is 32.2 Å². The quantitative estimate of drug-likeness (QED) is 0.572. The van der Waals surface area contributed by atoms with E-state index in [2.05, 4.69) is 20.4 Å². The van der Waals surface area contributed by atoms with E-state index in [1.54, 1.807) is 12.1 Å². The molecule has 0 unspecified atom stereocenters. The molecule has 4 rings (SSSR count). The topological polar surface area (TPSA) is 89.5 Å². The van der Waals surface area contributed by atoms with Crippen LogP contribution < -0.4 is 10.6 Å². The second-order valence-electron chi connectivity index (χ2n) is 8.33. The average molecular weight is 506 g/mol. The molecule has 180 valence electrons. The largest absolute Gasteiger partial charge is 0.522 e. The first kappa shape index (κ1) is 24.2. The van der Waals surface area contributed by atoms with Crippen molar-refractivity contribution in [2.24, 2.45) is 5.92 Å². The Labute approximate surface area is 197 Å². The molecular formula is C21H23ClF3N3O4S. The van der Waals surface area contributed by atoms with Gasteiger partial charge in [-0.25, -0.2) is 4.98 Å². The van der Waals surface area contributed by atoms with E-state index in [0.29, 0.717) is 35.8 Å². The first-order chi connectivity index (χ1) is 15.6. The van der Waals surface area contributed by atoms with Crippen molar-refractivity contribution in [1.82, 2.24) is 10.3 Å². The molecule has 2 amide bonds. The van der Waals surface area contributed by atoms with E-state index in [9.17, 15) is 22.8 Å². The Hall–Kier alpha value is -1.95. The van der Waals surface area contributed by atoms with Gasteiger partial charge in [0.25, 0.3) is 0 Å². The Morgan fingerprint density at radius 1 is 1.15 bits per heavy atom. The SMILES string of the molecule is O=C(CO[C@H]1C[C@@H](OC(F)(F)F)C1)N[C@H]1CC[C@H](C(=O)Nc2nc3cc(Cl)ccc3s2)CC1. The maximum absolute atomic E-state index is 12.6. The normalized spacial score (nSPS) is 25.5. The number of nitrogens with one attached hydrogen (secondary N) is 2. The van der Waals surface area contributed by atoms with Crippen LogP contribution in [-0.4, -0.2) is 48.0 Å². The van der Waals surface area contributed by atoms with Crippen molar-refractivity contribution in [2.75, 3.05) is 11.9 Å². The van der Waals surface area contributed by atoms with Crippen molar-refractivity contribution in [3.63, 3.8) is 0 Å². The fraction of sp³-hybridized carbons (Fsp3) is 0.571. The lowest BCUT2D eigenvalue weighted by molar-refractivity contribution is -0.357. The number of thiazole rings is 1. The summed E-state index contributed by atoms with van der Waals surface area (Å²) < 4.78 is 46.5. The number of amides is 2. The Balaban J connectivity index is 1.14. The van der Waals surface area contributed by atoms with Gasteiger partial charge in [-0.2, -0.15) is 0 Å². The maximum Gasteiger partial charge on any atom is 0.522 e. The third-order valence-electron chi connectivity index (χ3n) is 5.84. The van der Waals surface area contributed by atoms with Gasteiger partial charge in [0.15, 0.2) is 5.13 Å². The Morgan fingerprint density at radius 2 is 1.88 bits per heavy atom. The monoisotopic (exact) mass is 505 g/mol. The molecule has 0 radical (unpaired) electrons. The zero-order valence-corrected chi connectivity index (χ0v) is 19.1. The van der Waals surface area contributed by atoms with Crippen LogP contribution in [0.4, 0.5) is 18.3 Å². The third kappa shape index (κ3) is 6.78. The minimum absolute atomic E-state index is 0.0579. The molecule has 0 bridgehead atoms. The van der Waals surface area contributed by atoms with Gasteiger partial charge in [0, 0.05) is 29.8 Å². The van der Waals surface area contributed by atoms with Crippen LogP contribution >= 0.6 is 22.9 Å². The van der Waals surface area contributed by atoms with Crippen LogP contribution in [0.3, 0.4) is 0 Å². The first-order valence-electron chi connectivity index (χ1n) is 10.7. The minimum Gasteiger partial charge on any atom is -0.368 e. The third-order valence-corrected chi connectivity index (χ3v) is 7.03. The Morgan fingerprint density at radius 3 is 2.58 bits per heavy atom. The number of hydrogen-bond acceptors (Lipinski definition) is 6. The zero-order chi connectivity index (χ0) is 23.6. The molecule has 33 heavy (non-hydrogen) atoms. The number of benzene rings is 1. The van der Waals surface area contributed by atoms with Crippen molar-refractivity contribution in [2.45, 2.75) is 63.1 Å². The van der Waals surface area contributed by atoms with Gasteiger partial charge in [-0.3, -0.25) is 14.3 Å². The van der Waals surface area contributed by atoms with E-state index in [1.807, 2.05) is 6.07 Å². The van der Waals surface area contributed by atoms with Gasteiger partial charge in [0.1, 0.15) is 6.61 Å². The predicted molar refractivity (Wildman–Crippen MR) is 117 cm³/mol. The molecule has 0 atom stereocenters. The van der Waals surface area contributed by atoms with Crippen LogP contribution in [0.2, 0.25) is 5.02 Å². The molecule has 12 heteroatoms. The van der Waals surface area contributed by atoms with Gasteiger partial charge >= 0.3 is 6.36 Å². The first-order valence-corrected chi connectivity index (χ1v) is 11.9. The van der Waals surface area contributed by atoms with Gasteiger partial charge in [-0.05, 0) is 43.9 Å². The lowest BCUT2D eigenvalue weighted by Crippen LogP contribution is -2.44. The fourth-order valence-corrected chi connectivity index (χ4v) is 5.08. The summed E-state index contributed by atoms with van der Waals surface area (Å²) in [7, 11) is 0. The molecule has 1 aromatic carbocycles. The van der Waals surface area contributed by atoms with Gasteiger partial charge in [0.2, 0.25) is 11.8 Å². The lowest BCUT2D eigenvalue weighted by Gasteiger charge is -2.35. The lowest BCUT2D eigenvalue weighted by atomic mass is 9.85. The number of nitrogens with zero attached hydrogens (tertiary/aromatic N) is 1. The highest BCUT2D eigenvalue weighted by Gasteiger charge is 2.40. The molecule has 0 aliphatic heterocycles. The summed E-state index contributed by atoms with van der Waals surface area (Å²) >= 11 is 7.36. The highest BCUT2D eigenvalue weighted by molar-refractivity contribution is 7.22. The number of carbonyl (C=O) groups is 2. The predicted octanol–water partition coefficient (Wildman–Crippen LogP) is 4.65. The zero-order valence-electron chi connectivity index (χ0n) is 17.5. The van der Waals surface area contributed by atoms with Crippen LogP contribution in [0.25, 0.3) is 10.2 Å². The van der Waals surface area contributed by atoms with Crippen molar-refractivity contribution >= 4 is 50.1 Å². The maximum atomic E-state index is 12.6. The summed E-state index contributed by atoms with van der Waals surface area (Å²) in [5.74, 6) is -0.560. The summed E-state index contributed by atoms with van der Waals surface area (Å²) in [6.07, 6.45) is -3.13. The number of ether oxygens (including phenoxy) is 2. The van der Waals surface area contributed by atoms with Crippen molar-refractivity contribution in [1.29, 1.82) is 0 Å². The standard InChI is InChI=1S/C21H23ClF3N3O4S/c22-12-3-6-17-16(7-12)27-20(33-17)28-19(30)11-1-4-13(5-2-11)26-18(29)10-31-14-8-15(9-14)32-21(23,24)25/h3,6-7,11,13-15H,1-2,4-5,8-10H2,(H,26,29)(H,27,28,30)/t11-,13-,14-,15+. The molecule has 1 heterocycles. The Kier molecular flexibility index (Phi) is 7.42. The number of aromatic nitrogens is 1. The number of halogens is 4. The fourth-order valence-electron chi connectivity index (χ4n) is 4.06. The van der Waals surface area contributed by atoms with Gasteiger partial charge in [-0.15, -0.1) is 13.2 Å². The summed E-state index contributed by atoms with van der Waals surface area (Å²) in [5, 5.41) is 6.87. The highest BCUT2D eigenvalue weighted by Crippen LogP contribution is 2.32. The number of alkyl halides is 3. The molecule has 1 aromatic heterocycles. The molecule has 2 aliphatic rings. The minimum atomic E-state index is -4.65. The molecule has 2 saturated carbocycles. The van der Waals surface area contributed by atoms with Crippen LogP contribution in [-0.2, 0) is 19.1 Å². The Bertz CT molecular complexity index is 1000. The molecule has 2 aliphatic carbocycles. The average Bonchev–Trinajstić information content (AvgIpc) is 3.10. The van der Waals surface area contributed by atoms with Crippen LogP contribution in [0.5, 0.6) is 0 Å². The molecule has 2 aromatic rings. The van der Waals surface area contributed by atoms with E-state index in [-0.39, 0.29) is 43.2 Å². The summed E-state index contributed by atoms with van der Waals surface area (Å²) in [4.78, 5) is 29.1. The van der Waals surface area contributed by atoms with Gasteiger partial charge in [0.05, 0.1) is 22.4 Å². The van der Waals surface area contributed by atoms with Crippen LogP contribution in [0.15, 0.2) is 18.2 Å². The number of fused-ring (bicyclic) bond motifs is 1. The smallest absolute Gasteiger partial charge is 0.368 e. The summed E-state index contributed by atoms with van der Waals surface area (Å²) in [5.41, 5.74) is 0.738.